The fourth-order valence-electron chi connectivity index (χ4n) is 2.01. The highest BCUT2D eigenvalue weighted by Gasteiger charge is 2.06. The zero-order valence-corrected chi connectivity index (χ0v) is 14.0. The Morgan fingerprint density at radius 1 is 1.10 bits per heavy atom. The Labute approximate surface area is 133 Å². The van der Waals surface area contributed by atoms with Gasteiger partial charge in [0.2, 0.25) is 0 Å². The Kier molecular flexibility index (Phi) is 8.59. The molecule has 0 radical (unpaired) electrons. The second-order valence-corrected chi connectivity index (χ2v) is 5.27. The highest BCUT2D eigenvalue weighted by atomic mass is 32.1. The van der Waals surface area contributed by atoms with E-state index in [4.69, 9.17) is 21.7 Å². The molecule has 118 valence electrons. The molecule has 0 heterocycles. The van der Waals surface area contributed by atoms with E-state index in [2.05, 4.69) is 17.6 Å². The number of thiocarbonyl (C=S) groups is 1. The van der Waals surface area contributed by atoms with Crippen molar-refractivity contribution in [3.05, 3.63) is 18.2 Å². The van der Waals surface area contributed by atoms with E-state index >= 15 is 0 Å². The number of unbranched alkanes of at least 4 members (excludes halogenated alkanes) is 4. The van der Waals surface area contributed by atoms with Crippen LogP contribution in [0.2, 0.25) is 0 Å². The van der Waals surface area contributed by atoms with Crippen LogP contribution in [0.4, 0.5) is 5.69 Å². The van der Waals surface area contributed by atoms with E-state index in [1.165, 1.54) is 25.7 Å². The predicted molar refractivity (Wildman–Crippen MR) is 92.5 cm³/mol. The molecular formula is C16H26N2O2S. The lowest BCUT2D eigenvalue weighted by molar-refractivity contribution is 0.405. The van der Waals surface area contributed by atoms with Crippen LogP contribution in [-0.4, -0.2) is 25.9 Å². The van der Waals surface area contributed by atoms with Gasteiger partial charge in [-0.3, -0.25) is 0 Å². The van der Waals surface area contributed by atoms with Crippen molar-refractivity contribution in [2.24, 2.45) is 0 Å². The number of nitrogens with one attached hydrogen (secondary N) is 2. The van der Waals surface area contributed by atoms with Crippen LogP contribution in [0, 0.1) is 0 Å². The van der Waals surface area contributed by atoms with Gasteiger partial charge in [0.1, 0.15) is 11.5 Å². The molecule has 2 N–H and O–H groups in total. The molecule has 0 aliphatic rings. The number of benzene rings is 1. The first-order chi connectivity index (χ1) is 10.2. The molecule has 0 unspecified atom stereocenters. The number of rotatable bonds is 9. The number of ether oxygens (including phenoxy) is 2. The van der Waals surface area contributed by atoms with Crippen molar-refractivity contribution in [2.75, 3.05) is 26.1 Å². The summed E-state index contributed by atoms with van der Waals surface area (Å²) < 4.78 is 10.5. The number of anilines is 1. The summed E-state index contributed by atoms with van der Waals surface area (Å²) in [6, 6.07) is 5.58. The largest absolute Gasteiger partial charge is 0.497 e. The summed E-state index contributed by atoms with van der Waals surface area (Å²) in [5.41, 5.74) is 0.806. The van der Waals surface area contributed by atoms with E-state index in [1.54, 1.807) is 14.2 Å². The highest BCUT2D eigenvalue weighted by Crippen LogP contribution is 2.28. The maximum Gasteiger partial charge on any atom is 0.170 e. The monoisotopic (exact) mass is 310 g/mol. The van der Waals surface area contributed by atoms with Crippen molar-refractivity contribution in [2.45, 2.75) is 39.0 Å². The molecule has 0 spiro atoms. The van der Waals surface area contributed by atoms with Crippen molar-refractivity contribution in [3.63, 3.8) is 0 Å². The Morgan fingerprint density at radius 2 is 1.86 bits per heavy atom. The van der Waals surface area contributed by atoms with Crippen LogP contribution in [0.3, 0.4) is 0 Å². The van der Waals surface area contributed by atoms with Gasteiger partial charge in [0.25, 0.3) is 0 Å². The number of hydrogen-bond acceptors (Lipinski definition) is 3. The van der Waals surface area contributed by atoms with Crippen LogP contribution < -0.4 is 20.1 Å². The van der Waals surface area contributed by atoms with Gasteiger partial charge in [0.05, 0.1) is 19.9 Å². The zero-order valence-electron chi connectivity index (χ0n) is 13.2. The molecule has 0 saturated heterocycles. The van der Waals surface area contributed by atoms with Crippen molar-refractivity contribution in [3.8, 4) is 11.5 Å². The van der Waals surface area contributed by atoms with E-state index < -0.39 is 0 Å². The summed E-state index contributed by atoms with van der Waals surface area (Å²) in [6.07, 6.45) is 6.25. The third kappa shape index (κ3) is 6.67. The summed E-state index contributed by atoms with van der Waals surface area (Å²) in [5.74, 6) is 1.50. The number of hydrogen-bond donors (Lipinski definition) is 2. The summed E-state index contributed by atoms with van der Waals surface area (Å²) in [6.45, 7) is 3.11. The summed E-state index contributed by atoms with van der Waals surface area (Å²) in [7, 11) is 3.27. The van der Waals surface area contributed by atoms with Crippen LogP contribution in [0.15, 0.2) is 18.2 Å². The minimum absolute atomic E-state index is 0.608. The summed E-state index contributed by atoms with van der Waals surface area (Å²) in [5, 5.41) is 6.98. The average molecular weight is 310 g/mol. The molecule has 0 aliphatic heterocycles. The van der Waals surface area contributed by atoms with Crippen LogP contribution >= 0.6 is 12.2 Å². The van der Waals surface area contributed by atoms with Crippen molar-refractivity contribution < 1.29 is 9.47 Å². The van der Waals surface area contributed by atoms with E-state index in [1.807, 2.05) is 18.2 Å². The molecule has 5 heteroatoms. The lowest BCUT2D eigenvalue weighted by Gasteiger charge is -2.14. The molecule has 21 heavy (non-hydrogen) atoms. The maximum atomic E-state index is 5.31. The third-order valence-corrected chi connectivity index (χ3v) is 3.47. The standard InChI is InChI=1S/C16H26N2O2S/c1-4-5-6-7-8-11-17-16(21)18-14-12-13(19-2)9-10-15(14)20-3/h9-10,12H,4-8,11H2,1-3H3,(H2,17,18,21). The van der Waals surface area contributed by atoms with Crippen LogP contribution in [0.25, 0.3) is 0 Å². The minimum atomic E-state index is 0.608. The predicted octanol–water partition coefficient (Wildman–Crippen LogP) is 3.96. The SMILES string of the molecule is CCCCCCCNC(=S)Nc1cc(OC)ccc1OC. The lowest BCUT2D eigenvalue weighted by atomic mass is 10.1. The quantitative estimate of drug-likeness (QED) is 0.534. The van der Waals surface area contributed by atoms with Gasteiger partial charge in [-0.15, -0.1) is 0 Å². The molecule has 1 rings (SSSR count). The average Bonchev–Trinajstić information content (AvgIpc) is 2.50. The van der Waals surface area contributed by atoms with Gasteiger partial charge in [-0.2, -0.15) is 0 Å². The van der Waals surface area contributed by atoms with Crippen LogP contribution in [-0.2, 0) is 0 Å². The van der Waals surface area contributed by atoms with Crippen molar-refractivity contribution in [1.82, 2.24) is 5.32 Å². The van der Waals surface area contributed by atoms with Crippen LogP contribution in [0.1, 0.15) is 39.0 Å². The molecule has 0 amide bonds. The Morgan fingerprint density at radius 3 is 2.52 bits per heavy atom. The second kappa shape index (κ2) is 10.3. The molecule has 0 fully saturated rings. The molecule has 0 atom stereocenters. The van der Waals surface area contributed by atoms with Gasteiger partial charge < -0.3 is 20.1 Å². The Bertz CT molecular complexity index is 438. The van der Waals surface area contributed by atoms with E-state index in [0.29, 0.717) is 5.11 Å². The van der Waals surface area contributed by atoms with Gasteiger partial charge in [-0.25, -0.2) is 0 Å². The van der Waals surface area contributed by atoms with Gasteiger partial charge in [0, 0.05) is 12.6 Å². The van der Waals surface area contributed by atoms with E-state index in [9.17, 15) is 0 Å². The third-order valence-electron chi connectivity index (χ3n) is 3.22. The summed E-state index contributed by atoms with van der Waals surface area (Å²) in [4.78, 5) is 0. The molecule has 0 aliphatic carbocycles. The second-order valence-electron chi connectivity index (χ2n) is 4.86. The normalized spacial score (nSPS) is 10.0. The van der Waals surface area contributed by atoms with Gasteiger partial charge in [0.15, 0.2) is 5.11 Å². The molecular weight excluding hydrogens is 284 g/mol. The van der Waals surface area contributed by atoms with Crippen molar-refractivity contribution >= 4 is 23.0 Å². The fourth-order valence-corrected chi connectivity index (χ4v) is 2.22. The molecule has 0 saturated carbocycles. The van der Waals surface area contributed by atoms with Crippen molar-refractivity contribution in [1.29, 1.82) is 0 Å². The van der Waals surface area contributed by atoms with E-state index in [-0.39, 0.29) is 0 Å². The molecule has 0 aromatic heterocycles. The summed E-state index contributed by atoms with van der Waals surface area (Å²) >= 11 is 5.31. The van der Waals surface area contributed by atoms with Gasteiger partial charge in [-0.05, 0) is 30.8 Å². The maximum absolute atomic E-state index is 5.31. The molecule has 4 nitrogen and oxygen atoms in total. The molecule has 1 aromatic rings. The van der Waals surface area contributed by atoms with Crippen LogP contribution in [0.5, 0.6) is 11.5 Å². The van der Waals surface area contributed by atoms with E-state index in [0.717, 1.165) is 30.2 Å². The van der Waals surface area contributed by atoms with Gasteiger partial charge >= 0.3 is 0 Å². The molecule has 0 bridgehead atoms. The fraction of sp³-hybridized carbons (Fsp3) is 0.562. The topological polar surface area (TPSA) is 42.5 Å². The Balaban J connectivity index is 2.39. The molecule has 1 aromatic carbocycles. The number of methoxy groups -OCH3 is 2. The first-order valence-electron chi connectivity index (χ1n) is 7.48. The first-order valence-corrected chi connectivity index (χ1v) is 7.89. The smallest absolute Gasteiger partial charge is 0.170 e. The van der Waals surface area contributed by atoms with Gasteiger partial charge in [-0.1, -0.05) is 32.6 Å². The zero-order chi connectivity index (χ0) is 15.5. The lowest BCUT2D eigenvalue weighted by Crippen LogP contribution is -2.29. The highest BCUT2D eigenvalue weighted by molar-refractivity contribution is 7.80. The minimum Gasteiger partial charge on any atom is -0.497 e. The first kappa shape index (κ1) is 17.6. The Hall–Kier alpha value is -1.49.